The summed E-state index contributed by atoms with van der Waals surface area (Å²) in [4.78, 5) is 45.6. The Morgan fingerprint density at radius 1 is 0.974 bits per heavy atom. The first kappa shape index (κ1) is 28.0. The summed E-state index contributed by atoms with van der Waals surface area (Å²) < 4.78 is 13.8. The molecule has 3 amide bonds. The highest BCUT2D eigenvalue weighted by Crippen LogP contribution is 2.31. The van der Waals surface area contributed by atoms with Crippen LogP contribution in [-0.2, 0) is 14.4 Å². The van der Waals surface area contributed by atoms with Crippen molar-refractivity contribution in [3.05, 3.63) is 89.9 Å². The average molecular weight is 531 g/mol. The quantitative estimate of drug-likeness (QED) is 0.343. The minimum Gasteiger partial charge on any atom is -0.351 e. The predicted octanol–water partition coefficient (Wildman–Crippen LogP) is 5.86. The van der Waals surface area contributed by atoms with Gasteiger partial charge in [0.25, 0.3) is 0 Å². The van der Waals surface area contributed by atoms with E-state index in [-0.39, 0.29) is 36.6 Å². The molecular weight excluding hydrogens is 495 g/mol. The lowest BCUT2D eigenvalue weighted by atomic mass is 9.94. The van der Waals surface area contributed by atoms with Crippen molar-refractivity contribution in [1.82, 2.24) is 10.3 Å². The third kappa shape index (κ3) is 7.96. The van der Waals surface area contributed by atoms with Crippen molar-refractivity contribution in [1.29, 1.82) is 0 Å². The number of hydrogen-bond acceptors (Lipinski definition) is 4. The van der Waals surface area contributed by atoms with Crippen LogP contribution in [0.5, 0.6) is 0 Å². The van der Waals surface area contributed by atoms with Gasteiger partial charge in [-0.15, -0.1) is 0 Å². The van der Waals surface area contributed by atoms with Gasteiger partial charge in [0, 0.05) is 30.8 Å². The smallest absolute Gasteiger partial charge is 0.248 e. The van der Waals surface area contributed by atoms with Gasteiger partial charge in [0.15, 0.2) is 0 Å². The molecule has 0 aliphatic heterocycles. The largest absolute Gasteiger partial charge is 0.351 e. The van der Waals surface area contributed by atoms with E-state index in [2.05, 4.69) is 15.6 Å². The molecule has 1 fully saturated rings. The molecule has 0 spiro atoms. The second-order valence-electron chi connectivity index (χ2n) is 10.0. The van der Waals surface area contributed by atoms with E-state index >= 15 is 0 Å². The van der Waals surface area contributed by atoms with E-state index in [1.165, 1.54) is 17.0 Å². The predicted molar refractivity (Wildman–Crippen MR) is 150 cm³/mol. The van der Waals surface area contributed by atoms with E-state index in [0.717, 1.165) is 37.7 Å². The zero-order valence-corrected chi connectivity index (χ0v) is 22.2. The van der Waals surface area contributed by atoms with Crippen molar-refractivity contribution >= 4 is 29.2 Å². The van der Waals surface area contributed by atoms with Gasteiger partial charge < -0.3 is 10.6 Å². The van der Waals surface area contributed by atoms with Gasteiger partial charge in [-0.2, -0.15) is 0 Å². The van der Waals surface area contributed by atoms with Crippen LogP contribution in [0, 0.1) is 12.7 Å². The maximum atomic E-state index is 13.8. The summed E-state index contributed by atoms with van der Waals surface area (Å²) >= 11 is 0. The summed E-state index contributed by atoms with van der Waals surface area (Å²) in [6.45, 7) is 1.92. The van der Waals surface area contributed by atoms with Gasteiger partial charge >= 0.3 is 0 Å². The number of carbonyl (C=O) groups is 3. The fourth-order valence-corrected chi connectivity index (χ4v) is 4.97. The maximum absolute atomic E-state index is 13.8. The van der Waals surface area contributed by atoms with Crippen LogP contribution in [0.2, 0.25) is 0 Å². The second-order valence-corrected chi connectivity index (χ2v) is 10.0. The van der Waals surface area contributed by atoms with E-state index in [9.17, 15) is 18.8 Å². The number of benzene rings is 2. The minimum atomic E-state index is -0.982. The number of amides is 3. The van der Waals surface area contributed by atoms with Crippen molar-refractivity contribution in [2.45, 2.75) is 70.4 Å². The first-order chi connectivity index (χ1) is 18.9. The number of nitrogens with one attached hydrogen (secondary N) is 2. The molecule has 0 radical (unpaired) electrons. The number of aryl methyl sites for hydroxylation is 1. The van der Waals surface area contributed by atoms with Crippen LogP contribution in [0.15, 0.2) is 72.9 Å². The number of hydrogen-bond donors (Lipinski definition) is 2. The molecule has 1 aliphatic rings. The summed E-state index contributed by atoms with van der Waals surface area (Å²) in [7, 11) is 0. The molecule has 1 heterocycles. The number of aromatic nitrogens is 1. The van der Waals surface area contributed by atoms with Crippen LogP contribution in [0.25, 0.3) is 0 Å². The van der Waals surface area contributed by atoms with E-state index < -0.39 is 11.9 Å². The number of carbonyl (C=O) groups excluding carboxylic acids is 3. The number of halogens is 1. The van der Waals surface area contributed by atoms with Gasteiger partial charge in [0.1, 0.15) is 17.7 Å². The van der Waals surface area contributed by atoms with Gasteiger partial charge in [-0.3, -0.25) is 19.3 Å². The molecule has 1 aliphatic carbocycles. The Bertz CT molecular complexity index is 1260. The average Bonchev–Trinajstić information content (AvgIpc) is 2.93. The highest BCUT2D eigenvalue weighted by atomic mass is 19.1. The maximum Gasteiger partial charge on any atom is 0.248 e. The Kier molecular flexibility index (Phi) is 9.78. The van der Waals surface area contributed by atoms with Gasteiger partial charge in [0.2, 0.25) is 17.7 Å². The molecule has 0 unspecified atom stereocenters. The first-order valence-corrected chi connectivity index (χ1v) is 13.6. The summed E-state index contributed by atoms with van der Waals surface area (Å²) in [5.74, 6) is -0.798. The van der Waals surface area contributed by atoms with Crippen LogP contribution >= 0.6 is 0 Å². The Balaban J connectivity index is 1.57. The van der Waals surface area contributed by atoms with Gasteiger partial charge in [-0.25, -0.2) is 9.37 Å². The summed E-state index contributed by atoms with van der Waals surface area (Å²) in [5.41, 5.74) is 2.03. The Morgan fingerprint density at radius 3 is 2.44 bits per heavy atom. The Morgan fingerprint density at radius 2 is 1.74 bits per heavy atom. The lowest BCUT2D eigenvalue weighted by Crippen LogP contribution is -2.47. The number of anilines is 2. The van der Waals surface area contributed by atoms with E-state index in [1.807, 2.05) is 25.1 Å². The number of pyridine rings is 1. The molecule has 7 nitrogen and oxygen atoms in total. The summed E-state index contributed by atoms with van der Waals surface area (Å²) in [6, 6.07) is 17.4. The van der Waals surface area contributed by atoms with Crippen LogP contribution in [0.1, 0.15) is 68.5 Å². The van der Waals surface area contributed by atoms with E-state index in [0.29, 0.717) is 23.5 Å². The van der Waals surface area contributed by atoms with Crippen molar-refractivity contribution < 1.29 is 18.8 Å². The zero-order valence-electron chi connectivity index (χ0n) is 22.2. The Hall–Kier alpha value is -4.07. The van der Waals surface area contributed by atoms with Crippen LogP contribution in [0.3, 0.4) is 0 Å². The lowest BCUT2D eigenvalue weighted by Gasteiger charge is -2.33. The second kappa shape index (κ2) is 13.6. The fraction of sp³-hybridized carbons (Fsp3) is 0.355. The van der Waals surface area contributed by atoms with Crippen molar-refractivity contribution in [2.75, 3.05) is 10.2 Å². The van der Waals surface area contributed by atoms with Crippen molar-refractivity contribution in [3.63, 3.8) is 0 Å². The topological polar surface area (TPSA) is 91.4 Å². The monoisotopic (exact) mass is 530 g/mol. The van der Waals surface area contributed by atoms with E-state index in [1.54, 1.807) is 42.6 Å². The summed E-state index contributed by atoms with van der Waals surface area (Å²) in [5, 5.41) is 5.88. The SMILES string of the molecule is Cc1cccc(N(C(=O)CCCC(=O)Nc2ccccn2)[C@@H](C(=O)NC2CCCCC2)c2ccc(F)cc2)c1. The molecule has 39 heavy (non-hydrogen) atoms. The normalized spacial score (nSPS) is 14.3. The molecule has 0 bridgehead atoms. The van der Waals surface area contributed by atoms with Crippen LogP contribution in [0.4, 0.5) is 15.9 Å². The fourth-order valence-electron chi connectivity index (χ4n) is 4.97. The third-order valence-electron chi connectivity index (χ3n) is 6.92. The highest BCUT2D eigenvalue weighted by Gasteiger charge is 2.34. The molecule has 1 aromatic heterocycles. The highest BCUT2D eigenvalue weighted by molar-refractivity contribution is 6.01. The first-order valence-electron chi connectivity index (χ1n) is 13.6. The van der Waals surface area contributed by atoms with Crippen LogP contribution < -0.4 is 15.5 Å². The summed E-state index contributed by atoms with van der Waals surface area (Å²) in [6.07, 6.45) is 7.10. The molecule has 2 aromatic carbocycles. The molecule has 4 rings (SSSR count). The van der Waals surface area contributed by atoms with Crippen LogP contribution in [-0.4, -0.2) is 28.7 Å². The van der Waals surface area contributed by atoms with Crippen molar-refractivity contribution in [3.8, 4) is 0 Å². The molecule has 204 valence electrons. The molecular formula is C31H35FN4O3. The molecule has 2 N–H and O–H groups in total. The standard InChI is InChI=1S/C31H35FN4O3/c1-22-9-7-12-26(21-22)36(29(38)15-8-14-28(37)35-27-13-5-6-20-33-27)30(23-16-18-24(32)19-17-23)31(39)34-25-10-3-2-4-11-25/h5-7,9,12-13,16-21,25,30H,2-4,8,10-11,14-15H2,1H3,(H,34,39)(H,33,35,37)/t30-/m1/s1. The number of nitrogens with zero attached hydrogens (tertiary/aromatic N) is 2. The lowest BCUT2D eigenvalue weighted by molar-refractivity contribution is -0.127. The van der Waals surface area contributed by atoms with Gasteiger partial charge in [-0.05, 0) is 73.7 Å². The zero-order chi connectivity index (χ0) is 27.6. The minimum absolute atomic E-state index is 0.0407. The molecule has 1 atom stereocenters. The van der Waals surface area contributed by atoms with Gasteiger partial charge in [0.05, 0.1) is 0 Å². The van der Waals surface area contributed by atoms with Crippen molar-refractivity contribution in [2.24, 2.45) is 0 Å². The molecule has 3 aromatic rings. The third-order valence-corrected chi connectivity index (χ3v) is 6.92. The van der Waals surface area contributed by atoms with Gasteiger partial charge in [-0.1, -0.05) is 49.6 Å². The van der Waals surface area contributed by atoms with E-state index in [4.69, 9.17) is 0 Å². The molecule has 0 saturated heterocycles. The number of rotatable bonds is 10. The molecule has 8 heteroatoms. The Labute approximate surface area is 228 Å². The molecule has 1 saturated carbocycles.